The monoisotopic (exact) mass is 189 g/mol. The minimum absolute atomic E-state index is 0.00125. The molecule has 0 aromatic heterocycles. The average molecular weight is 189 g/mol. The van der Waals surface area contributed by atoms with E-state index in [1.807, 2.05) is 20.8 Å². The molecule has 0 unspecified atom stereocenters. The zero-order valence-electron chi connectivity index (χ0n) is 8.62. The second kappa shape index (κ2) is 6.86. The van der Waals surface area contributed by atoms with Gasteiger partial charge in [0.15, 0.2) is 0 Å². The molecule has 0 aromatic rings. The van der Waals surface area contributed by atoms with Gasteiger partial charge in [-0.25, -0.2) is 0 Å². The lowest BCUT2D eigenvalue weighted by atomic mass is 10.4. The smallest absolute Gasteiger partial charge is 0.248 e. The first-order valence-corrected chi connectivity index (χ1v) is 4.62. The van der Waals surface area contributed by atoms with Gasteiger partial charge in [0.25, 0.3) is 0 Å². The van der Waals surface area contributed by atoms with E-state index in [-0.39, 0.29) is 25.2 Å². The van der Waals surface area contributed by atoms with Crippen LogP contribution in [0.1, 0.15) is 20.8 Å². The summed E-state index contributed by atoms with van der Waals surface area (Å²) in [7, 11) is 0. The summed E-state index contributed by atoms with van der Waals surface area (Å²) in [4.78, 5) is 12.9. The summed E-state index contributed by atoms with van der Waals surface area (Å²) in [5, 5.41) is 8.66. The third kappa shape index (κ3) is 5.60. The first-order chi connectivity index (χ1) is 6.11. The van der Waals surface area contributed by atoms with Gasteiger partial charge >= 0.3 is 0 Å². The third-order valence-electron chi connectivity index (χ3n) is 1.64. The van der Waals surface area contributed by atoms with Crippen LogP contribution >= 0.6 is 0 Å². The molecule has 78 valence electrons. The highest BCUT2D eigenvalue weighted by molar-refractivity contribution is 5.77. The summed E-state index contributed by atoms with van der Waals surface area (Å²) in [5.41, 5.74) is 0. The zero-order chi connectivity index (χ0) is 10.3. The van der Waals surface area contributed by atoms with Gasteiger partial charge in [-0.3, -0.25) is 4.79 Å². The SMILES string of the molecule is CCN(CCO)C(=O)COC(C)C. The second-order valence-electron chi connectivity index (χ2n) is 3.06. The van der Waals surface area contributed by atoms with Gasteiger partial charge < -0.3 is 14.7 Å². The molecule has 0 aliphatic rings. The Bertz CT molecular complexity index is 148. The molecule has 0 bridgehead atoms. The fraction of sp³-hybridized carbons (Fsp3) is 0.889. The van der Waals surface area contributed by atoms with Gasteiger partial charge in [0.2, 0.25) is 5.91 Å². The normalized spacial score (nSPS) is 10.5. The summed E-state index contributed by atoms with van der Waals surface area (Å²) in [6.45, 7) is 6.75. The van der Waals surface area contributed by atoms with Crippen LogP contribution in [0, 0.1) is 0 Å². The first-order valence-electron chi connectivity index (χ1n) is 4.62. The van der Waals surface area contributed by atoms with E-state index in [0.717, 1.165) is 0 Å². The number of rotatable bonds is 6. The highest BCUT2D eigenvalue weighted by Crippen LogP contribution is 1.93. The lowest BCUT2D eigenvalue weighted by molar-refractivity contribution is -0.137. The topological polar surface area (TPSA) is 49.8 Å². The molecular formula is C9H19NO3. The van der Waals surface area contributed by atoms with Crippen LogP contribution in [-0.4, -0.2) is 48.3 Å². The Morgan fingerprint density at radius 2 is 2.15 bits per heavy atom. The van der Waals surface area contributed by atoms with Crippen molar-refractivity contribution < 1.29 is 14.6 Å². The Labute approximate surface area is 79.5 Å². The van der Waals surface area contributed by atoms with E-state index in [9.17, 15) is 4.79 Å². The number of amides is 1. The standard InChI is InChI=1S/C9H19NO3/c1-4-10(5-6-11)9(12)7-13-8(2)3/h8,11H,4-7H2,1-3H3. The highest BCUT2D eigenvalue weighted by Gasteiger charge is 2.11. The third-order valence-corrected chi connectivity index (χ3v) is 1.64. The van der Waals surface area contributed by atoms with Crippen LogP contribution in [-0.2, 0) is 9.53 Å². The van der Waals surface area contributed by atoms with Gasteiger partial charge in [-0.15, -0.1) is 0 Å². The van der Waals surface area contributed by atoms with Crippen molar-refractivity contribution in [2.45, 2.75) is 26.9 Å². The van der Waals surface area contributed by atoms with Crippen molar-refractivity contribution in [2.24, 2.45) is 0 Å². The van der Waals surface area contributed by atoms with E-state index < -0.39 is 0 Å². The molecule has 0 aliphatic heterocycles. The van der Waals surface area contributed by atoms with Crippen molar-refractivity contribution in [1.82, 2.24) is 4.90 Å². The Kier molecular flexibility index (Phi) is 6.54. The number of carbonyl (C=O) groups excluding carboxylic acids is 1. The Hall–Kier alpha value is -0.610. The van der Waals surface area contributed by atoms with Gasteiger partial charge in [-0.2, -0.15) is 0 Å². The van der Waals surface area contributed by atoms with Crippen LogP contribution in [0.5, 0.6) is 0 Å². The van der Waals surface area contributed by atoms with E-state index in [1.165, 1.54) is 0 Å². The van der Waals surface area contributed by atoms with Gasteiger partial charge in [-0.05, 0) is 20.8 Å². The minimum Gasteiger partial charge on any atom is -0.395 e. The number of likely N-dealkylation sites (N-methyl/N-ethyl adjacent to an activating group) is 1. The summed E-state index contributed by atoms with van der Waals surface area (Å²) in [5.74, 6) is -0.0646. The van der Waals surface area contributed by atoms with Gasteiger partial charge in [-0.1, -0.05) is 0 Å². The molecule has 0 atom stereocenters. The van der Waals surface area contributed by atoms with Crippen molar-refractivity contribution >= 4 is 5.91 Å². The molecule has 0 rings (SSSR count). The predicted molar refractivity (Wildman–Crippen MR) is 50.4 cm³/mol. The average Bonchev–Trinajstić information content (AvgIpc) is 2.10. The van der Waals surface area contributed by atoms with Crippen molar-refractivity contribution in [3.8, 4) is 0 Å². The van der Waals surface area contributed by atoms with E-state index in [2.05, 4.69) is 0 Å². The van der Waals surface area contributed by atoms with Crippen LogP contribution in [0.4, 0.5) is 0 Å². The second-order valence-corrected chi connectivity index (χ2v) is 3.06. The molecule has 1 amide bonds. The molecule has 0 saturated heterocycles. The Morgan fingerprint density at radius 1 is 1.54 bits per heavy atom. The predicted octanol–water partition coefficient (Wildman–Crippen LogP) is 0.252. The molecule has 0 fully saturated rings. The van der Waals surface area contributed by atoms with Crippen LogP contribution < -0.4 is 0 Å². The molecule has 0 heterocycles. The Morgan fingerprint density at radius 3 is 2.54 bits per heavy atom. The maximum Gasteiger partial charge on any atom is 0.248 e. The number of carbonyl (C=O) groups is 1. The maximum atomic E-state index is 11.4. The fourth-order valence-corrected chi connectivity index (χ4v) is 0.909. The number of hydrogen-bond acceptors (Lipinski definition) is 3. The van der Waals surface area contributed by atoms with Gasteiger partial charge in [0.1, 0.15) is 6.61 Å². The van der Waals surface area contributed by atoms with Crippen LogP contribution in [0.15, 0.2) is 0 Å². The van der Waals surface area contributed by atoms with Crippen LogP contribution in [0.25, 0.3) is 0 Å². The van der Waals surface area contributed by atoms with Gasteiger partial charge in [0.05, 0.1) is 12.7 Å². The zero-order valence-corrected chi connectivity index (χ0v) is 8.62. The summed E-state index contributed by atoms with van der Waals surface area (Å²) >= 11 is 0. The van der Waals surface area contributed by atoms with E-state index in [4.69, 9.17) is 9.84 Å². The molecule has 1 N–H and O–H groups in total. The molecule has 0 aromatic carbocycles. The van der Waals surface area contributed by atoms with Gasteiger partial charge in [0, 0.05) is 13.1 Å². The van der Waals surface area contributed by atoms with E-state index in [0.29, 0.717) is 13.1 Å². The Balaban J connectivity index is 3.77. The molecule has 4 heteroatoms. The summed E-state index contributed by atoms with van der Waals surface area (Å²) in [6.07, 6.45) is 0.0665. The molecule has 0 saturated carbocycles. The fourth-order valence-electron chi connectivity index (χ4n) is 0.909. The molecular weight excluding hydrogens is 170 g/mol. The van der Waals surface area contributed by atoms with Crippen LogP contribution in [0.3, 0.4) is 0 Å². The molecule has 0 aliphatic carbocycles. The number of hydrogen-bond donors (Lipinski definition) is 1. The lowest BCUT2D eigenvalue weighted by Gasteiger charge is -2.20. The van der Waals surface area contributed by atoms with E-state index in [1.54, 1.807) is 4.90 Å². The minimum atomic E-state index is -0.0646. The maximum absolute atomic E-state index is 11.4. The summed E-state index contributed by atoms with van der Waals surface area (Å²) < 4.78 is 5.16. The van der Waals surface area contributed by atoms with Crippen molar-refractivity contribution in [1.29, 1.82) is 0 Å². The van der Waals surface area contributed by atoms with Crippen LogP contribution in [0.2, 0.25) is 0 Å². The molecule has 0 radical (unpaired) electrons. The largest absolute Gasteiger partial charge is 0.395 e. The lowest BCUT2D eigenvalue weighted by Crippen LogP contribution is -2.36. The number of ether oxygens (including phenoxy) is 1. The first kappa shape index (κ1) is 12.4. The van der Waals surface area contributed by atoms with Crippen molar-refractivity contribution in [3.63, 3.8) is 0 Å². The number of aliphatic hydroxyl groups is 1. The van der Waals surface area contributed by atoms with Crippen molar-refractivity contribution in [3.05, 3.63) is 0 Å². The molecule has 4 nitrogen and oxygen atoms in total. The number of aliphatic hydroxyl groups excluding tert-OH is 1. The van der Waals surface area contributed by atoms with E-state index >= 15 is 0 Å². The number of nitrogens with zero attached hydrogens (tertiary/aromatic N) is 1. The summed E-state index contributed by atoms with van der Waals surface area (Å²) in [6, 6.07) is 0. The highest BCUT2D eigenvalue weighted by atomic mass is 16.5. The van der Waals surface area contributed by atoms with Crippen molar-refractivity contribution in [2.75, 3.05) is 26.3 Å². The molecule has 0 spiro atoms. The molecule has 13 heavy (non-hydrogen) atoms. The quantitative estimate of drug-likeness (QED) is 0.651.